The van der Waals surface area contributed by atoms with Gasteiger partial charge in [0.15, 0.2) is 5.76 Å². The minimum atomic E-state index is 0.729. The maximum absolute atomic E-state index is 4.83. The standard InChI is InChI=1S/C7H6O.C2H6/c1-8-7-5-3-2-4-6-7;1-2/h2-3,5H,1H3;1-2H3. The summed E-state index contributed by atoms with van der Waals surface area (Å²) in [5.74, 6) is 0.729. The third-order valence-electron chi connectivity index (χ3n) is 0.842. The molecule has 0 N–H and O–H groups in total. The molecule has 1 heteroatoms. The van der Waals surface area contributed by atoms with Crippen LogP contribution in [-0.4, -0.2) is 7.11 Å². The van der Waals surface area contributed by atoms with Crippen LogP contribution < -0.4 is 0 Å². The molecule has 0 bridgehead atoms. The molecule has 1 rings (SSSR count). The zero-order chi connectivity index (χ0) is 7.82. The van der Waals surface area contributed by atoms with Crippen molar-refractivity contribution >= 4 is 0 Å². The lowest BCUT2D eigenvalue weighted by Gasteiger charge is -1.93. The van der Waals surface area contributed by atoms with Crippen LogP contribution in [0.3, 0.4) is 0 Å². The number of hydrogen-bond donors (Lipinski definition) is 0. The van der Waals surface area contributed by atoms with E-state index < -0.39 is 0 Å². The largest absolute Gasteiger partial charge is 0.489 e. The quantitative estimate of drug-likeness (QED) is 0.503. The van der Waals surface area contributed by atoms with E-state index >= 15 is 0 Å². The Balaban J connectivity index is 0.000000371. The van der Waals surface area contributed by atoms with E-state index in [4.69, 9.17) is 4.74 Å². The van der Waals surface area contributed by atoms with Crippen LogP contribution in [0.25, 0.3) is 0 Å². The fourth-order valence-electron chi connectivity index (χ4n) is 0.457. The zero-order valence-electron chi connectivity index (χ0n) is 6.64. The summed E-state index contributed by atoms with van der Waals surface area (Å²) < 4.78 is 4.83. The summed E-state index contributed by atoms with van der Waals surface area (Å²) >= 11 is 0. The minimum absolute atomic E-state index is 0.729. The fraction of sp³-hybridized carbons (Fsp3) is 0.333. The van der Waals surface area contributed by atoms with Gasteiger partial charge in [-0.3, -0.25) is 0 Å². The van der Waals surface area contributed by atoms with Gasteiger partial charge in [-0.15, -0.1) is 0 Å². The Morgan fingerprint density at radius 2 is 2.10 bits per heavy atom. The van der Waals surface area contributed by atoms with E-state index in [-0.39, 0.29) is 0 Å². The van der Waals surface area contributed by atoms with Gasteiger partial charge in [-0.05, 0) is 24.0 Å². The summed E-state index contributed by atoms with van der Waals surface area (Å²) in [5.41, 5.74) is 5.53. The Morgan fingerprint density at radius 1 is 1.40 bits per heavy atom. The molecule has 0 amide bonds. The third-order valence-corrected chi connectivity index (χ3v) is 0.842. The van der Waals surface area contributed by atoms with Crippen LogP contribution in [0.4, 0.5) is 0 Å². The van der Waals surface area contributed by atoms with Gasteiger partial charge in [-0.1, -0.05) is 19.6 Å². The first-order chi connectivity index (χ1) is 4.93. The Hall–Kier alpha value is -1.16. The fourth-order valence-corrected chi connectivity index (χ4v) is 0.457. The third kappa shape index (κ3) is 2.99. The number of rotatable bonds is 1. The van der Waals surface area contributed by atoms with Crippen LogP contribution >= 0.6 is 0 Å². The average molecular weight is 136 g/mol. The van der Waals surface area contributed by atoms with Crippen LogP contribution in [-0.2, 0) is 4.74 Å². The summed E-state index contributed by atoms with van der Waals surface area (Å²) in [6.07, 6.45) is 5.47. The molecule has 0 aromatic carbocycles. The molecule has 10 heavy (non-hydrogen) atoms. The molecule has 1 nitrogen and oxygen atoms in total. The lowest BCUT2D eigenvalue weighted by molar-refractivity contribution is 0.308. The summed E-state index contributed by atoms with van der Waals surface area (Å²) in [4.78, 5) is 0. The highest BCUT2D eigenvalue weighted by Crippen LogP contribution is 1.96. The SMILES string of the molecule is CC.COC1=C=C=CC=C1. The van der Waals surface area contributed by atoms with E-state index in [2.05, 4.69) is 11.5 Å². The second kappa shape index (κ2) is 5.97. The summed E-state index contributed by atoms with van der Waals surface area (Å²) in [7, 11) is 1.61. The van der Waals surface area contributed by atoms with Crippen molar-refractivity contribution in [3.8, 4) is 0 Å². The van der Waals surface area contributed by atoms with Crippen molar-refractivity contribution in [2.75, 3.05) is 7.11 Å². The van der Waals surface area contributed by atoms with Crippen molar-refractivity contribution in [1.29, 1.82) is 0 Å². The normalized spacial score (nSPS) is 11.7. The molecular formula is C9H12O. The molecule has 0 spiro atoms. The smallest absolute Gasteiger partial charge is 0.169 e. The Kier molecular flexibility index (Phi) is 5.28. The maximum atomic E-state index is 4.83. The van der Waals surface area contributed by atoms with Crippen molar-refractivity contribution in [3.05, 3.63) is 35.4 Å². The Labute approximate surface area is 62.0 Å². The summed E-state index contributed by atoms with van der Waals surface area (Å²) in [6.45, 7) is 4.00. The molecule has 0 aliphatic heterocycles. The van der Waals surface area contributed by atoms with Gasteiger partial charge in [-0.25, -0.2) is 0 Å². The van der Waals surface area contributed by atoms with Gasteiger partial charge in [-0.2, -0.15) is 0 Å². The van der Waals surface area contributed by atoms with E-state index in [1.165, 1.54) is 0 Å². The first-order valence-electron chi connectivity index (χ1n) is 3.36. The highest BCUT2D eigenvalue weighted by atomic mass is 16.5. The molecule has 0 unspecified atom stereocenters. The van der Waals surface area contributed by atoms with Crippen molar-refractivity contribution < 1.29 is 4.74 Å². The van der Waals surface area contributed by atoms with Gasteiger partial charge in [0.25, 0.3) is 0 Å². The number of allylic oxidation sites excluding steroid dienone is 3. The highest BCUT2D eigenvalue weighted by Gasteiger charge is 1.83. The van der Waals surface area contributed by atoms with Gasteiger partial charge in [0.05, 0.1) is 7.11 Å². The van der Waals surface area contributed by atoms with Gasteiger partial charge >= 0.3 is 0 Å². The second-order valence-electron chi connectivity index (χ2n) is 1.36. The van der Waals surface area contributed by atoms with Gasteiger partial charge in [0.2, 0.25) is 0 Å². The van der Waals surface area contributed by atoms with Crippen LogP contribution in [0.2, 0.25) is 0 Å². The van der Waals surface area contributed by atoms with E-state index in [9.17, 15) is 0 Å². The first kappa shape index (κ1) is 8.84. The van der Waals surface area contributed by atoms with Crippen molar-refractivity contribution in [3.63, 3.8) is 0 Å². The molecule has 0 fully saturated rings. The molecule has 0 aromatic heterocycles. The van der Waals surface area contributed by atoms with Crippen LogP contribution in [0.15, 0.2) is 35.4 Å². The van der Waals surface area contributed by atoms with Gasteiger partial charge < -0.3 is 4.74 Å². The molecule has 1 aliphatic rings. The lowest BCUT2D eigenvalue weighted by Crippen LogP contribution is -1.78. The number of hydrogen-bond acceptors (Lipinski definition) is 1. The monoisotopic (exact) mass is 136 g/mol. The van der Waals surface area contributed by atoms with E-state index in [0.717, 1.165) is 5.76 Å². The topological polar surface area (TPSA) is 9.23 Å². The zero-order valence-corrected chi connectivity index (χ0v) is 6.64. The second-order valence-corrected chi connectivity index (χ2v) is 1.36. The van der Waals surface area contributed by atoms with Crippen LogP contribution in [0.1, 0.15) is 13.8 Å². The van der Waals surface area contributed by atoms with E-state index in [1.54, 1.807) is 13.2 Å². The van der Waals surface area contributed by atoms with E-state index in [1.807, 2.05) is 26.0 Å². The average Bonchev–Trinajstić information content (AvgIpc) is 2.10. The van der Waals surface area contributed by atoms with E-state index in [0.29, 0.717) is 0 Å². The Morgan fingerprint density at radius 3 is 2.40 bits per heavy atom. The molecular weight excluding hydrogens is 124 g/mol. The van der Waals surface area contributed by atoms with Gasteiger partial charge in [0.1, 0.15) is 0 Å². The Bertz CT molecular complexity index is 199. The molecule has 54 valence electrons. The molecule has 0 atom stereocenters. The van der Waals surface area contributed by atoms with Crippen molar-refractivity contribution in [2.24, 2.45) is 0 Å². The van der Waals surface area contributed by atoms with Gasteiger partial charge in [0, 0.05) is 0 Å². The predicted molar refractivity (Wildman–Crippen MR) is 42.6 cm³/mol. The van der Waals surface area contributed by atoms with Crippen LogP contribution in [0, 0.1) is 0 Å². The number of ether oxygens (including phenoxy) is 1. The molecule has 0 heterocycles. The summed E-state index contributed by atoms with van der Waals surface area (Å²) in [5, 5.41) is 0. The number of methoxy groups -OCH3 is 1. The predicted octanol–water partition coefficient (Wildman–Crippen LogP) is 2.42. The lowest BCUT2D eigenvalue weighted by atomic mass is 10.3. The van der Waals surface area contributed by atoms with Crippen molar-refractivity contribution in [1.82, 2.24) is 0 Å². The van der Waals surface area contributed by atoms with Crippen LogP contribution in [0.5, 0.6) is 0 Å². The first-order valence-corrected chi connectivity index (χ1v) is 3.36. The van der Waals surface area contributed by atoms with Crippen molar-refractivity contribution in [2.45, 2.75) is 13.8 Å². The minimum Gasteiger partial charge on any atom is -0.489 e. The highest BCUT2D eigenvalue weighted by molar-refractivity contribution is 5.20. The summed E-state index contributed by atoms with van der Waals surface area (Å²) in [6, 6.07) is 0. The molecule has 0 radical (unpaired) electrons. The molecule has 0 aromatic rings. The molecule has 0 saturated carbocycles. The molecule has 0 saturated heterocycles. The maximum Gasteiger partial charge on any atom is 0.169 e. The molecule has 1 aliphatic carbocycles.